The fraction of sp³-hybridized carbons (Fsp3) is 0.0588. The number of anilines is 2. The van der Waals surface area contributed by atoms with Crippen molar-refractivity contribution in [1.29, 1.82) is 0 Å². The van der Waals surface area contributed by atoms with Crippen LogP contribution < -0.4 is 10.6 Å². The number of hydrogen-bond acceptors (Lipinski definition) is 2. The number of amides is 2. The standard InChI is InChI=1S/C17H10ClF5N4O/c18-8-1-3-9(4-2-8)24-17(28)25-11-5-6-27(26-11)7-10-12(19)14(21)16(23)15(22)13(10)20/h1-6H,7H2,(H2,24,25,26,28). The molecular formula is C17H10ClF5N4O. The van der Waals surface area contributed by atoms with Gasteiger partial charge in [-0.15, -0.1) is 0 Å². The molecule has 0 atom stereocenters. The monoisotopic (exact) mass is 416 g/mol. The van der Waals surface area contributed by atoms with E-state index in [1.165, 1.54) is 12.3 Å². The SMILES string of the molecule is O=C(Nc1ccc(Cl)cc1)Nc1ccn(Cc2c(F)c(F)c(F)c(F)c2F)n1. The molecule has 11 heteroatoms. The van der Waals surface area contributed by atoms with Gasteiger partial charge in [-0.25, -0.2) is 26.7 Å². The minimum Gasteiger partial charge on any atom is -0.308 e. The number of urea groups is 1. The lowest BCUT2D eigenvalue weighted by Crippen LogP contribution is -2.20. The maximum atomic E-state index is 13.7. The third kappa shape index (κ3) is 4.06. The van der Waals surface area contributed by atoms with Crippen molar-refractivity contribution in [2.24, 2.45) is 0 Å². The molecule has 5 nitrogen and oxygen atoms in total. The van der Waals surface area contributed by atoms with Crippen molar-refractivity contribution in [3.8, 4) is 0 Å². The zero-order chi connectivity index (χ0) is 20.4. The summed E-state index contributed by atoms with van der Waals surface area (Å²) >= 11 is 5.74. The van der Waals surface area contributed by atoms with Crippen molar-refractivity contribution in [2.75, 3.05) is 10.6 Å². The molecule has 2 amide bonds. The van der Waals surface area contributed by atoms with Crippen molar-refractivity contribution >= 4 is 29.1 Å². The Morgan fingerprint density at radius 2 is 1.46 bits per heavy atom. The third-order valence-corrected chi connectivity index (χ3v) is 3.86. The molecule has 0 fully saturated rings. The molecule has 0 radical (unpaired) electrons. The summed E-state index contributed by atoms with van der Waals surface area (Å²) in [5, 5.41) is 9.16. The normalized spacial score (nSPS) is 10.8. The Bertz CT molecular complexity index is 1010. The molecule has 3 aromatic rings. The van der Waals surface area contributed by atoms with Crippen molar-refractivity contribution in [2.45, 2.75) is 6.54 Å². The van der Waals surface area contributed by atoms with Gasteiger partial charge >= 0.3 is 6.03 Å². The van der Waals surface area contributed by atoms with E-state index in [0.717, 1.165) is 4.68 Å². The molecule has 0 saturated carbocycles. The molecule has 1 heterocycles. The Balaban J connectivity index is 1.71. The maximum Gasteiger partial charge on any atom is 0.324 e. The highest BCUT2D eigenvalue weighted by Crippen LogP contribution is 2.24. The zero-order valence-corrected chi connectivity index (χ0v) is 14.5. The van der Waals surface area contributed by atoms with E-state index in [9.17, 15) is 26.7 Å². The van der Waals surface area contributed by atoms with Gasteiger partial charge in [0.1, 0.15) is 0 Å². The maximum absolute atomic E-state index is 13.7. The molecule has 0 aliphatic rings. The topological polar surface area (TPSA) is 59.0 Å². The fourth-order valence-electron chi connectivity index (χ4n) is 2.28. The first-order chi connectivity index (χ1) is 13.3. The van der Waals surface area contributed by atoms with Crippen LogP contribution in [0, 0.1) is 29.1 Å². The number of rotatable bonds is 4. The summed E-state index contributed by atoms with van der Waals surface area (Å²) in [6, 6.07) is 6.87. The molecule has 0 saturated heterocycles. The van der Waals surface area contributed by atoms with Crippen LogP contribution in [0.25, 0.3) is 0 Å². The Labute approximate surface area is 159 Å². The van der Waals surface area contributed by atoms with E-state index in [0.29, 0.717) is 10.7 Å². The number of nitrogens with one attached hydrogen (secondary N) is 2. The van der Waals surface area contributed by atoms with Gasteiger partial charge in [0.25, 0.3) is 0 Å². The van der Waals surface area contributed by atoms with Crippen molar-refractivity contribution in [1.82, 2.24) is 9.78 Å². The molecule has 28 heavy (non-hydrogen) atoms. The number of halogens is 6. The van der Waals surface area contributed by atoms with Crippen LogP contribution in [0.5, 0.6) is 0 Å². The highest BCUT2D eigenvalue weighted by Gasteiger charge is 2.25. The molecule has 146 valence electrons. The molecule has 2 aromatic carbocycles. The first kappa shape index (κ1) is 19.6. The van der Waals surface area contributed by atoms with Crippen molar-refractivity contribution < 1.29 is 26.7 Å². The fourth-order valence-corrected chi connectivity index (χ4v) is 2.41. The second kappa shape index (κ2) is 7.85. The molecule has 0 aliphatic heterocycles. The van der Waals surface area contributed by atoms with Gasteiger partial charge < -0.3 is 5.32 Å². The van der Waals surface area contributed by atoms with Gasteiger partial charge in [0.15, 0.2) is 29.1 Å². The Morgan fingerprint density at radius 1 is 0.893 bits per heavy atom. The van der Waals surface area contributed by atoms with Crippen molar-refractivity contribution in [3.05, 3.63) is 76.2 Å². The summed E-state index contributed by atoms with van der Waals surface area (Å²) in [6.07, 6.45) is 1.20. The highest BCUT2D eigenvalue weighted by molar-refractivity contribution is 6.30. The molecule has 2 N–H and O–H groups in total. The van der Waals surface area contributed by atoms with E-state index in [4.69, 9.17) is 11.6 Å². The quantitative estimate of drug-likeness (QED) is 0.360. The molecule has 0 bridgehead atoms. The van der Waals surface area contributed by atoms with Gasteiger partial charge in [-0.1, -0.05) is 11.6 Å². The lowest BCUT2D eigenvalue weighted by Gasteiger charge is -2.08. The predicted octanol–water partition coefficient (Wildman–Crippen LogP) is 4.92. The van der Waals surface area contributed by atoms with E-state index in [1.807, 2.05) is 0 Å². The highest BCUT2D eigenvalue weighted by atomic mass is 35.5. The number of carbonyl (C=O) groups is 1. The van der Waals surface area contributed by atoms with Crippen LogP contribution in [0.4, 0.5) is 38.3 Å². The van der Waals surface area contributed by atoms with Crippen LogP contribution in [-0.4, -0.2) is 15.8 Å². The Hall–Kier alpha value is -3.14. The van der Waals surface area contributed by atoms with Crippen LogP contribution in [0.15, 0.2) is 36.5 Å². The van der Waals surface area contributed by atoms with Gasteiger partial charge in [-0.2, -0.15) is 5.10 Å². The number of benzene rings is 2. The summed E-state index contributed by atoms with van der Waals surface area (Å²) in [7, 11) is 0. The lowest BCUT2D eigenvalue weighted by molar-refractivity contribution is 0.262. The summed E-state index contributed by atoms with van der Waals surface area (Å²) < 4.78 is 67.9. The third-order valence-electron chi connectivity index (χ3n) is 3.61. The average molecular weight is 417 g/mol. The predicted molar refractivity (Wildman–Crippen MR) is 91.7 cm³/mol. The van der Waals surface area contributed by atoms with Gasteiger partial charge in [-0.3, -0.25) is 10.00 Å². The number of hydrogen-bond donors (Lipinski definition) is 2. The molecule has 0 spiro atoms. The van der Waals surface area contributed by atoms with E-state index in [1.54, 1.807) is 24.3 Å². The van der Waals surface area contributed by atoms with E-state index in [2.05, 4.69) is 15.7 Å². The van der Waals surface area contributed by atoms with Crippen LogP contribution in [0.2, 0.25) is 5.02 Å². The average Bonchev–Trinajstić information content (AvgIpc) is 3.10. The second-order valence-corrected chi connectivity index (χ2v) is 5.97. The van der Waals surface area contributed by atoms with Gasteiger partial charge in [0.2, 0.25) is 5.82 Å². The number of carbonyl (C=O) groups excluding carboxylic acids is 1. The van der Waals surface area contributed by atoms with Gasteiger partial charge in [0, 0.05) is 23.0 Å². The molecule has 0 aliphatic carbocycles. The molecule has 0 unspecified atom stereocenters. The van der Waals surface area contributed by atoms with Gasteiger partial charge in [-0.05, 0) is 24.3 Å². The molecule has 3 rings (SSSR count). The zero-order valence-electron chi connectivity index (χ0n) is 13.7. The first-order valence-corrected chi connectivity index (χ1v) is 8.01. The van der Waals surface area contributed by atoms with Gasteiger partial charge in [0.05, 0.1) is 12.1 Å². The van der Waals surface area contributed by atoms with Crippen LogP contribution in [0.1, 0.15) is 5.56 Å². The smallest absolute Gasteiger partial charge is 0.308 e. The number of nitrogens with zero attached hydrogens (tertiary/aromatic N) is 2. The lowest BCUT2D eigenvalue weighted by atomic mass is 10.1. The largest absolute Gasteiger partial charge is 0.324 e. The second-order valence-electron chi connectivity index (χ2n) is 5.53. The molecule has 1 aromatic heterocycles. The summed E-state index contributed by atoms with van der Waals surface area (Å²) in [4.78, 5) is 11.9. The van der Waals surface area contributed by atoms with Crippen LogP contribution in [0.3, 0.4) is 0 Å². The van der Waals surface area contributed by atoms with Crippen LogP contribution >= 0.6 is 11.6 Å². The minimum atomic E-state index is -2.24. The summed E-state index contributed by atoms with van der Waals surface area (Å²) in [5.41, 5.74) is -0.598. The number of aromatic nitrogens is 2. The summed E-state index contributed by atoms with van der Waals surface area (Å²) in [6.45, 7) is -0.730. The Kier molecular flexibility index (Phi) is 5.50. The molecular weight excluding hydrogens is 407 g/mol. The van der Waals surface area contributed by atoms with Crippen LogP contribution in [-0.2, 0) is 6.54 Å². The first-order valence-electron chi connectivity index (χ1n) is 7.63. The van der Waals surface area contributed by atoms with E-state index >= 15 is 0 Å². The van der Waals surface area contributed by atoms with E-state index in [-0.39, 0.29) is 5.82 Å². The summed E-state index contributed by atoms with van der Waals surface area (Å²) in [5.74, 6) is -10.2. The Morgan fingerprint density at radius 3 is 2.07 bits per heavy atom. The van der Waals surface area contributed by atoms with Crippen molar-refractivity contribution in [3.63, 3.8) is 0 Å². The van der Waals surface area contributed by atoms with E-state index < -0.39 is 47.2 Å². The minimum absolute atomic E-state index is 0.00432.